The van der Waals surface area contributed by atoms with Crippen molar-refractivity contribution in [1.29, 1.82) is 5.41 Å². The summed E-state index contributed by atoms with van der Waals surface area (Å²) >= 11 is 0. The summed E-state index contributed by atoms with van der Waals surface area (Å²) in [5, 5.41) is 36.6. The van der Waals surface area contributed by atoms with Crippen molar-refractivity contribution in [3.63, 3.8) is 0 Å². The summed E-state index contributed by atoms with van der Waals surface area (Å²) in [5.74, 6) is -1.27. The number of ketones is 1. The van der Waals surface area contributed by atoms with Crippen molar-refractivity contribution < 1.29 is 24.5 Å². The van der Waals surface area contributed by atoms with E-state index in [-0.39, 0.29) is 22.6 Å². The van der Waals surface area contributed by atoms with E-state index in [4.69, 9.17) is 15.3 Å². The van der Waals surface area contributed by atoms with Gasteiger partial charge in [-0.1, -0.05) is 24.3 Å². The molecule has 2 aromatic rings. The number of nitro groups is 2. The highest BCUT2D eigenvalue weighted by Gasteiger charge is 2.20. The molecule has 2 N–H and O–H groups in total. The van der Waals surface area contributed by atoms with Gasteiger partial charge in [0.1, 0.15) is 0 Å². The van der Waals surface area contributed by atoms with Crippen molar-refractivity contribution >= 4 is 28.8 Å². The minimum absolute atomic E-state index is 0.112. The van der Waals surface area contributed by atoms with Gasteiger partial charge in [0.15, 0.2) is 0 Å². The largest absolute Gasteiger partial charge is 0.481 e. The van der Waals surface area contributed by atoms with Crippen LogP contribution in [0.15, 0.2) is 42.5 Å². The van der Waals surface area contributed by atoms with E-state index < -0.39 is 21.6 Å². The molecule has 0 spiro atoms. The van der Waals surface area contributed by atoms with Crippen LogP contribution in [0.25, 0.3) is 11.1 Å². The first-order chi connectivity index (χ1) is 12.5. The lowest BCUT2D eigenvalue weighted by Gasteiger charge is -2.05. The molecular weight excluding hydrogens is 358 g/mol. The second kappa shape index (κ2) is 8.94. The lowest BCUT2D eigenvalue weighted by molar-refractivity contribution is -0.393. The van der Waals surface area contributed by atoms with Gasteiger partial charge in [-0.2, -0.15) is 0 Å². The first-order valence-corrected chi connectivity index (χ1v) is 7.37. The van der Waals surface area contributed by atoms with Gasteiger partial charge >= 0.3 is 0 Å². The number of hydrogen-bond acceptors (Lipinski definition) is 7. The number of Topliss-reactive ketones (excluding diaryl/α,β-unsaturated/α-hetero) is 1. The fourth-order valence-electron chi connectivity index (χ4n) is 2.05. The van der Waals surface area contributed by atoms with Gasteiger partial charge in [0, 0.05) is 18.6 Å². The molecule has 2 rings (SSSR count). The minimum Gasteiger partial charge on any atom is -0.481 e. The Labute approximate surface area is 152 Å². The molecule has 0 bridgehead atoms. The summed E-state index contributed by atoms with van der Waals surface area (Å²) in [5.41, 5.74) is 0.0926. The van der Waals surface area contributed by atoms with Crippen molar-refractivity contribution in [1.82, 2.24) is 0 Å². The fraction of sp³-hybridized carbons (Fsp3) is 0.118. The average Bonchev–Trinajstić information content (AvgIpc) is 2.60. The molecule has 2 aromatic carbocycles. The smallest absolute Gasteiger partial charge is 0.300 e. The van der Waals surface area contributed by atoms with E-state index >= 15 is 0 Å². The Morgan fingerprint density at radius 2 is 1.48 bits per heavy atom. The summed E-state index contributed by atoms with van der Waals surface area (Å²) in [7, 11) is 0. The van der Waals surface area contributed by atoms with Crippen LogP contribution in [-0.4, -0.2) is 32.4 Å². The van der Waals surface area contributed by atoms with Crippen LogP contribution in [0.2, 0.25) is 0 Å². The van der Waals surface area contributed by atoms with Crippen LogP contribution < -0.4 is 0 Å². The third kappa shape index (κ3) is 5.81. The van der Waals surface area contributed by atoms with E-state index in [1.54, 1.807) is 0 Å². The summed E-state index contributed by atoms with van der Waals surface area (Å²) < 4.78 is 0. The van der Waals surface area contributed by atoms with Crippen LogP contribution in [0.1, 0.15) is 24.2 Å². The third-order valence-electron chi connectivity index (χ3n) is 3.19. The molecule has 10 heteroatoms. The number of carboxylic acid groups (broad SMARTS) is 1. The van der Waals surface area contributed by atoms with Gasteiger partial charge in [-0.25, -0.2) is 0 Å². The number of carbonyl (C=O) groups is 2. The van der Waals surface area contributed by atoms with Gasteiger partial charge < -0.3 is 10.5 Å². The van der Waals surface area contributed by atoms with E-state index in [0.29, 0.717) is 11.1 Å². The number of nitrogens with zero attached hydrogens (tertiary/aromatic N) is 2. The number of nitrogens with one attached hydrogen (secondary N) is 1. The Balaban J connectivity index is 0.000000828. The number of aliphatic carboxylic acids is 1. The van der Waals surface area contributed by atoms with Gasteiger partial charge in [-0.3, -0.25) is 29.8 Å². The molecule has 27 heavy (non-hydrogen) atoms. The zero-order chi connectivity index (χ0) is 20.7. The maximum atomic E-state index is 11.7. The Hall–Kier alpha value is -3.95. The molecule has 10 nitrogen and oxygen atoms in total. The second-order valence-corrected chi connectivity index (χ2v) is 5.27. The number of carbonyl (C=O) groups excluding carboxylic acids is 1. The standard InChI is InChI=1S/C15H11N3O5.C2H4O2/c1-9(16)15(19)11-4-2-10(3-5-11)13-7-6-12(17(20)21)8-14(13)18(22)23;1-2(3)4/h2-8,16H,1H3;1H3,(H,3,4). The molecular formula is C17H15N3O7. The van der Waals surface area contributed by atoms with Crippen molar-refractivity contribution in [2.24, 2.45) is 0 Å². The van der Waals surface area contributed by atoms with E-state index in [9.17, 15) is 25.0 Å². The first-order valence-electron chi connectivity index (χ1n) is 7.37. The first kappa shape index (κ1) is 21.1. The summed E-state index contributed by atoms with van der Waals surface area (Å²) in [4.78, 5) is 41.2. The highest BCUT2D eigenvalue weighted by molar-refractivity contribution is 6.44. The monoisotopic (exact) mass is 373 g/mol. The van der Waals surface area contributed by atoms with Crippen LogP contribution in [0.4, 0.5) is 11.4 Å². The second-order valence-electron chi connectivity index (χ2n) is 5.27. The number of carboxylic acids is 1. The van der Waals surface area contributed by atoms with Crippen LogP contribution in [-0.2, 0) is 4.79 Å². The van der Waals surface area contributed by atoms with Crippen LogP contribution >= 0.6 is 0 Å². The topological polar surface area (TPSA) is 164 Å². The lowest BCUT2D eigenvalue weighted by atomic mass is 9.99. The number of benzene rings is 2. The predicted molar refractivity (Wildman–Crippen MR) is 96.2 cm³/mol. The fourth-order valence-corrected chi connectivity index (χ4v) is 2.05. The van der Waals surface area contributed by atoms with Crippen molar-refractivity contribution in [3.8, 4) is 11.1 Å². The Bertz CT molecular complexity index is 917. The normalized spacial score (nSPS) is 9.56. The Morgan fingerprint density at radius 3 is 1.89 bits per heavy atom. The SMILES string of the molecule is CC(=N)C(=O)c1ccc(-c2ccc([N+](=O)[O-])cc2[N+](=O)[O-])cc1.CC(=O)O. The summed E-state index contributed by atoms with van der Waals surface area (Å²) in [6.07, 6.45) is 0. The van der Waals surface area contributed by atoms with Crippen LogP contribution in [0, 0.1) is 25.6 Å². The molecule has 0 unspecified atom stereocenters. The van der Waals surface area contributed by atoms with E-state index in [1.807, 2.05) is 0 Å². The molecule has 0 aliphatic rings. The zero-order valence-corrected chi connectivity index (χ0v) is 14.3. The number of non-ortho nitro benzene ring substituents is 1. The maximum Gasteiger partial charge on any atom is 0.300 e. The molecule has 0 amide bonds. The van der Waals surface area contributed by atoms with Crippen LogP contribution in [0.3, 0.4) is 0 Å². The minimum atomic E-state index is -0.833. The summed E-state index contributed by atoms with van der Waals surface area (Å²) in [6, 6.07) is 9.31. The van der Waals surface area contributed by atoms with E-state index in [0.717, 1.165) is 13.0 Å². The molecule has 0 aliphatic heterocycles. The molecule has 0 radical (unpaired) electrons. The van der Waals surface area contributed by atoms with Gasteiger partial charge in [0.25, 0.3) is 17.3 Å². The molecule has 0 aromatic heterocycles. The third-order valence-corrected chi connectivity index (χ3v) is 3.19. The highest BCUT2D eigenvalue weighted by atomic mass is 16.6. The number of rotatable bonds is 5. The van der Waals surface area contributed by atoms with Crippen molar-refractivity contribution in [2.45, 2.75) is 13.8 Å². The van der Waals surface area contributed by atoms with Crippen molar-refractivity contribution in [2.75, 3.05) is 0 Å². The number of nitro benzene ring substituents is 2. The van der Waals surface area contributed by atoms with Gasteiger partial charge in [-0.15, -0.1) is 0 Å². The van der Waals surface area contributed by atoms with Gasteiger partial charge in [-0.05, 0) is 18.6 Å². The molecule has 0 fully saturated rings. The maximum absolute atomic E-state index is 11.7. The van der Waals surface area contributed by atoms with Gasteiger partial charge in [0.05, 0.1) is 27.2 Å². The average molecular weight is 373 g/mol. The van der Waals surface area contributed by atoms with Crippen molar-refractivity contribution in [3.05, 3.63) is 68.3 Å². The predicted octanol–water partition coefficient (Wildman–Crippen LogP) is 3.48. The molecule has 0 heterocycles. The van der Waals surface area contributed by atoms with E-state index in [2.05, 4.69) is 0 Å². The van der Waals surface area contributed by atoms with E-state index in [1.165, 1.54) is 43.3 Å². The molecule has 0 aliphatic carbocycles. The number of hydrogen-bond donors (Lipinski definition) is 2. The van der Waals surface area contributed by atoms with Crippen LogP contribution in [0.5, 0.6) is 0 Å². The Morgan fingerprint density at radius 1 is 0.963 bits per heavy atom. The molecule has 0 atom stereocenters. The molecule has 0 saturated heterocycles. The summed E-state index contributed by atoms with van der Waals surface area (Å²) in [6.45, 7) is 2.46. The quantitative estimate of drug-likeness (QED) is 0.350. The highest BCUT2D eigenvalue weighted by Crippen LogP contribution is 2.33. The zero-order valence-electron chi connectivity index (χ0n) is 14.3. The lowest BCUT2D eigenvalue weighted by Crippen LogP contribution is -2.08. The Kier molecular flexibility index (Phi) is 6.99. The molecule has 0 saturated carbocycles. The molecule has 140 valence electrons. The van der Waals surface area contributed by atoms with Gasteiger partial charge in [0.2, 0.25) is 5.78 Å².